The van der Waals surface area contributed by atoms with E-state index in [0.29, 0.717) is 6.42 Å². The highest BCUT2D eigenvalue weighted by molar-refractivity contribution is 7.99. The van der Waals surface area contributed by atoms with Crippen LogP contribution in [-0.2, 0) is 0 Å². The van der Waals surface area contributed by atoms with Crippen molar-refractivity contribution in [2.24, 2.45) is 0 Å². The summed E-state index contributed by atoms with van der Waals surface area (Å²) in [5.41, 5.74) is 0. The lowest BCUT2D eigenvalue weighted by Gasteiger charge is -2.05. The second-order valence-corrected chi connectivity index (χ2v) is 5.54. The third-order valence-corrected chi connectivity index (χ3v) is 3.75. The molecule has 4 heteroatoms. The largest absolute Gasteiger partial charge is 0.494 e. The number of ether oxygens (including phenoxy) is 1. The summed E-state index contributed by atoms with van der Waals surface area (Å²) in [6.45, 7) is 0.750. The van der Waals surface area contributed by atoms with E-state index in [2.05, 4.69) is 6.07 Å². The van der Waals surface area contributed by atoms with Crippen LogP contribution in [0.4, 0.5) is 0 Å². The van der Waals surface area contributed by atoms with Crippen molar-refractivity contribution in [1.82, 2.24) is 0 Å². The van der Waals surface area contributed by atoms with E-state index in [-0.39, 0.29) is 0 Å². The minimum Gasteiger partial charge on any atom is -0.494 e. The zero-order chi connectivity index (χ0) is 13.1. The average molecular weight is 284 g/mol. The van der Waals surface area contributed by atoms with Crippen LogP contribution in [0.5, 0.6) is 5.75 Å². The van der Waals surface area contributed by atoms with E-state index in [1.807, 2.05) is 36.0 Å². The Labute approximate surface area is 118 Å². The molecule has 0 N–H and O–H groups in total. The van der Waals surface area contributed by atoms with E-state index in [1.165, 1.54) is 0 Å². The Balaban J connectivity index is 1.93. The summed E-state index contributed by atoms with van der Waals surface area (Å²) in [7, 11) is 0. The lowest BCUT2D eigenvalue weighted by atomic mass is 10.3. The molecule has 18 heavy (non-hydrogen) atoms. The normalized spacial score (nSPS) is 10.0. The van der Waals surface area contributed by atoms with E-state index in [9.17, 15) is 0 Å². The molecular weight excluding hydrogens is 266 g/mol. The number of hydrogen-bond acceptors (Lipinski definition) is 3. The van der Waals surface area contributed by atoms with Crippen molar-refractivity contribution in [2.45, 2.75) is 25.7 Å². The first-order chi connectivity index (χ1) is 8.83. The third-order valence-electron chi connectivity index (χ3n) is 2.34. The Bertz CT molecular complexity index is 361. The first-order valence-corrected chi connectivity index (χ1v) is 7.69. The fourth-order valence-corrected chi connectivity index (χ4v) is 2.47. The summed E-state index contributed by atoms with van der Waals surface area (Å²) in [5.74, 6) is 3.11. The quantitative estimate of drug-likeness (QED) is 0.624. The summed E-state index contributed by atoms with van der Waals surface area (Å²) >= 11 is 7.71. The van der Waals surface area contributed by atoms with Gasteiger partial charge in [-0.25, -0.2) is 0 Å². The van der Waals surface area contributed by atoms with Crippen molar-refractivity contribution >= 4 is 23.4 Å². The van der Waals surface area contributed by atoms with Crippen LogP contribution in [0.3, 0.4) is 0 Å². The summed E-state index contributed by atoms with van der Waals surface area (Å²) in [5, 5.41) is 9.11. The molecule has 0 saturated carbocycles. The smallest absolute Gasteiger partial charge is 0.119 e. The number of nitriles is 1. The number of halogens is 1. The minimum atomic E-state index is 0.673. The van der Waals surface area contributed by atoms with E-state index >= 15 is 0 Å². The van der Waals surface area contributed by atoms with Gasteiger partial charge in [-0.3, -0.25) is 0 Å². The van der Waals surface area contributed by atoms with Crippen LogP contribution in [0.25, 0.3) is 0 Å². The van der Waals surface area contributed by atoms with Gasteiger partial charge in [-0.1, -0.05) is 11.6 Å². The standard InChI is InChI=1S/C14H18ClNOS/c15-13-5-7-14(8-6-13)17-10-2-4-12-18-11-3-1-9-16/h5-8H,1-4,10-12H2. The molecule has 0 bridgehead atoms. The Morgan fingerprint density at radius 1 is 1.11 bits per heavy atom. The van der Waals surface area contributed by atoms with Crippen LogP contribution in [0, 0.1) is 11.3 Å². The van der Waals surface area contributed by atoms with E-state index in [0.717, 1.165) is 48.1 Å². The predicted octanol–water partition coefficient (Wildman–Crippen LogP) is 4.54. The van der Waals surface area contributed by atoms with Crippen LogP contribution < -0.4 is 4.74 Å². The minimum absolute atomic E-state index is 0.673. The molecular formula is C14H18ClNOS. The Hall–Kier alpha value is -0.850. The molecule has 1 rings (SSSR count). The van der Waals surface area contributed by atoms with Crippen molar-refractivity contribution in [3.8, 4) is 11.8 Å². The second kappa shape index (κ2) is 10.1. The maximum absolute atomic E-state index is 8.38. The maximum atomic E-state index is 8.38. The molecule has 1 aromatic carbocycles. The number of hydrogen-bond donors (Lipinski definition) is 0. The van der Waals surface area contributed by atoms with E-state index in [1.54, 1.807) is 0 Å². The van der Waals surface area contributed by atoms with Gasteiger partial charge in [0.15, 0.2) is 0 Å². The molecule has 0 aromatic heterocycles. The molecule has 0 atom stereocenters. The van der Waals surface area contributed by atoms with Crippen molar-refractivity contribution in [3.05, 3.63) is 29.3 Å². The molecule has 0 aliphatic heterocycles. The van der Waals surface area contributed by atoms with E-state index in [4.69, 9.17) is 21.6 Å². The van der Waals surface area contributed by atoms with Crippen molar-refractivity contribution in [2.75, 3.05) is 18.1 Å². The van der Waals surface area contributed by atoms with Crippen LogP contribution in [0.2, 0.25) is 5.02 Å². The summed E-state index contributed by atoms with van der Waals surface area (Å²) < 4.78 is 5.60. The zero-order valence-electron chi connectivity index (χ0n) is 10.4. The molecule has 0 saturated heterocycles. The number of rotatable bonds is 9. The number of nitrogens with zero attached hydrogens (tertiary/aromatic N) is 1. The highest BCUT2D eigenvalue weighted by Crippen LogP contribution is 2.16. The van der Waals surface area contributed by atoms with Crippen LogP contribution in [0.1, 0.15) is 25.7 Å². The van der Waals surface area contributed by atoms with Gasteiger partial charge < -0.3 is 4.74 Å². The van der Waals surface area contributed by atoms with Crippen LogP contribution in [-0.4, -0.2) is 18.1 Å². The van der Waals surface area contributed by atoms with Crippen molar-refractivity contribution in [3.63, 3.8) is 0 Å². The van der Waals surface area contributed by atoms with Crippen LogP contribution >= 0.6 is 23.4 Å². The predicted molar refractivity (Wildman–Crippen MR) is 78.4 cm³/mol. The average Bonchev–Trinajstić information content (AvgIpc) is 2.39. The lowest BCUT2D eigenvalue weighted by Crippen LogP contribution is -1.98. The molecule has 0 aliphatic rings. The Morgan fingerprint density at radius 3 is 2.56 bits per heavy atom. The van der Waals surface area contributed by atoms with Gasteiger partial charge in [-0.15, -0.1) is 0 Å². The number of unbranched alkanes of at least 4 members (excludes halogenated alkanes) is 2. The zero-order valence-corrected chi connectivity index (χ0v) is 12.0. The molecule has 1 aromatic rings. The van der Waals surface area contributed by atoms with Gasteiger partial charge >= 0.3 is 0 Å². The van der Waals surface area contributed by atoms with Crippen LogP contribution in [0.15, 0.2) is 24.3 Å². The summed E-state index contributed by atoms with van der Waals surface area (Å²) in [6, 6.07) is 9.60. The fourth-order valence-electron chi connectivity index (χ4n) is 1.38. The SMILES string of the molecule is N#CCCCSCCCCOc1ccc(Cl)cc1. The highest BCUT2D eigenvalue weighted by atomic mass is 35.5. The van der Waals surface area contributed by atoms with Gasteiger partial charge in [-0.2, -0.15) is 17.0 Å². The topological polar surface area (TPSA) is 33.0 Å². The number of thioether (sulfide) groups is 1. The lowest BCUT2D eigenvalue weighted by molar-refractivity contribution is 0.310. The van der Waals surface area contributed by atoms with Crippen molar-refractivity contribution in [1.29, 1.82) is 5.26 Å². The van der Waals surface area contributed by atoms with Gasteiger partial charge in [-0.05, 0) is 55.0 Å². The molecule has 0 radical (unpaired) electrons. The second-order valence-electron chi connectivity index (χ2n) is 3.88. The number of benzene rings is 1. The maximum Gasteiger partial charge on any atom is 0.119 e. The molecule has 0 unspecified atom stereocenters. The fraction of sp³-hybridized carbons (Fsp3) is 0.500. The molecule has 0 heterocycles. The third kappa shape index (κ3) is 7.47. The molecule has 0 aliphatic carbocycles. The van der Waals surface area contributed by atoms with Gasteiger partial charge in [0.1, 0.15) is 5.75 Å². The van der Waals surface area contributed by atoms with Gasteiger partial charge in [0, 0.05) is 11.4 Å². The molecule has 0 spiro atoms. The highest BCUT2D eigenvalue weighted by Gasteiger charge is 1.95. The van der Waals surface area contributed by atoms with Gasteiger partial charge in [0.05, 0.1) is 12.7 Å². The van der Waals surface area contributed by atoms with E-state index < -0.39 is 0 Å². The molecule has 2 nitrogen and oxygen atoms in total. The van der Waals surface area contributed by atoms with Gasteiger partial charge in [0.25, 0.3) is 0 Å². The first kappa shape index (κ1) is 15.2. The summed E-state index contributed by atoms with van der Waals surface area (Å²) in [4.78, 5) is 0. The monoisotopic (exact) mass is 283 g/mol. The Morgan fingerprint density at radius 2 is 1.83 bits per heavy atom. The molecule has 0 amide bonds. The molecule has 0 fully saturated rings. The Kier molecular flexibility index (Phi) is 8.54. The summed E-state index contributed by atoms with van der Waals surface area (Å²) in [6.07, 6.45) is 3.90. The van der Waals surface area contributed by atoms with Crippen molar-refractivity contribution < 1.29 is 4.74 Å². The van der Waals surface area contributed by atoms with Gasteiger partial charge in [0.2, 0.25) is 0 Å². The first-order valence-electron chi connectivity index (χ1n) is 6.16. The molecule has 98 valence electrons.